The van der Waals surface area contributed by atoms with E-state index in [0.717, 1.165) is 17.0 Å². The average molecular weight is 470 g/mol. The smallest absolute Gasteiger partial charge is 0.414 e. The second kappa shape index (κ2) is 9.65. The zero-order valence-electron chi connectivity index (χ0n) is 18.2. The lowest BCUT2D eigenvalue weighted by Crippen LogP contribution is -2.33. The normalized spacial score (nSPS) is 15.6. The highest BCUT2D eigenvalue weighted by Crippen LogP contribution is 2.32. The van der Waals surface area contributed by atoms with Gasteiger partial charge >= 0.3 is 6.09 Å². The third-order valence-corrected chi connectivity index (χ3v) is 4.99. The topological polar surface area (TPSA) is 111 Å². The first-order valence-corrected chi connectivity index (χ1v) is 10.1. The molecule has 0 bridgehead atoms. The predicted molar refractivity (Wildman–Crippen MR) is 118 cm³/mol. The third kappa shape index (κ3) is 4.85. The van der Waals surface area contributed by atoms with Crippen LogP contribution in [0.25, 0.3) is 16.9 Å². The lowest BCUT2D eigenvalue weighted by molar-refractivity contribution is -0.119. The fourth-order valence-corrected chi connectivity index (χ4v) is 3.41. The summed E-state index contributed by atoms with van der Waals surface area (Å²) in [5.41, 5.74) is 0.505. The third-order valence-electron chi connectivity index (χ3n) is 4.99. The summed E-state index contributed by atoms with van der Waals surface area (Å²) in [6.45, 7) is 1.50. The van der Waals surface area contributed by atoms with Crippen LogP contribution in [0.1, 0.15) is 12.6 Å². The molecule has 0 aliphatic carbocycles. The summed E-state index contributed by atoms with van der Waals surface area (Å²) in [6.07, 6.45) is 4.58. The van der Waals surface area contributed by atoms with Crippen LogP contribution in [0.15, 0.2) is 48.1 Å². The number of carbonyl (C=O) groups is 2. The zero-order chi connectivity index (χ0) is 24.2. The quantitative estimate of drug-likeness (QED) is 0.420. The number of imidazole rings is 1. The Morgan fingerprint density at radius 1 is 1.32 bits per heavy atom. The maximum absolute atomic E-state index is 14.9. The number of anilines is 1. The molecule has 3 aromatic rings. The van der Waals surface area contributed by atoms with Crippen molar-refractivity contribution in [3.8, 4) is 16.9 Å². The van der Waals surface area contributed by atoms with Crippen LogP contribution in [0.4, 0.5) is 19.3 Å². The summed E-state index contributed by atoms with van der Waals surface area (Å²) < 4.78 is 36.6. The summed E-state index contributed by atoms with van der Waals surface area (Å²) in [5, 5.41) is 6.17. The van der Waals surface area contributed by atoms with Crippen LogP contribution in [0.3, 0.4) is 0 Å². The second-order valence-electron chi connectivity index (χ2n) is 7.37. The minimum Gasteiger partial charge on any atom is -0.442 e. The molecule has 12 heteroatoms. The number of rotatable bonds is 7. The van der Waals surface area contributed by atoms with Crippen molar-refractivity contribution in [3.05, 3.63) is 60.3 Å². The number of benzene rings is 1. The predicted octanol–water partition coefficient (Wildman–Crippen LogP) is 2.65. The maximum atomic E-state index is 14.9. The van der Waals surface area contributed by atoms with Crippen LogP contribution in [0, 0.1) is 11.6 Å². The number of cyclic esters (lactones) is 1. The standard InChI is InChI=1S/C22H20F2N6O4/c1-13(31)25-9-17-11-30(22(32)34-17)16-5-18(23)21(19(24)6-16)14-3-4-20(26-7-14)29-10-15(27-12-29)8-28-33-2/h3-8,10,12,17H,9,11H2,1-2H3,(H,25,31)/b28-8+/t17-/m0/s1. The summed E-state index contributed by atoms with van der Waals surface area (Å²) in [7, 11) is 1.42. The molecular weight excluding hydrogens is 450 g/mol. The van der Waals surface area contributed by atoms with Crippen molar-refractivity contribution in [2.24, 2.45) is 5.16 Å². The highest BCUT2D eigenvalue weighted by atomic mass is 19.1. The van der Waals surface area contributed by atoms with Gasteiger partial charge in [0.15, 0.2) is 0 Å². The number of aromatic nitrogens is 3. The Hall–Kier alpha value is -4.35. The van der Waals surface area contributed by atoms with Crippen molar-refractivity contribution in [2.75, 3.05) is 25.1 Å². The van der Waals surface area contributed by atoms with E-state index in [9.17, 15) is 18.4 Å². The van der Waals surface area contributed by atoms with E-state index in [2.05, 4.69) is 25.3 Å². The molecule has 1 aliphatic heterocycles. The molecule has 2 aromatic heterocycles. The molecule has 3 heterocycles. The van der Waals surface area contributed by atoms with Gasteiger partial charge in [0, 0.05) is 24.9 Å². The van der Waals surface area contributed by atoms with Crippen LogP contribution in [-0.4, -0.2) is 59.1 Å². The average Bonchev–Trinajstić information content (AvgIpc) is 3.43. The molecule has 2 amide bonds. The minimum absolute atomic E-state index is 0.0160. The number of halogens is 2. The lowest BCUT2D eigenvalue weighted by atomic mass is 10.1. The molecule has 34 heavy (non-hydrogen) atoms. The molecule has 1 N–H and O–H groups in total. The van der Waals surface area contributed by atoms with Crippen molar-refractivity contribution < 1.29 is 27.9 Å². The molecule has 1 fully saturated rings. The monoisotopic (exact) mass is 470 g/mol. The Morgan fingerprint density at radius 2 is 2.09 bits per heavy atom. The molecule has 176 valence electrons. The molecule has 1 aliphatic rings. The molecule has 1 atom stereocenters. The van der Waals surface area contributed by atoms with Crippen molar-refractivity contribution in [1.29, 1.82) is 0 Å². The van der Waals surface area contributed by atoms with Crippen LogP contribution >= 0.6 is 0 Å². The van der Waals surface area contributed by atoms with E-state index in [1.165, 1.54) is 38.8 Å². The molecule has 4 rings (SSSR count). The number of nitrogens with zero attached hydrogens (tertiary/aromatic N) is 5. The van der Waals surface area contributed by atoms with E-state index in [1.54, 1.807) is 16.8 Å². The van der Waals surface area contributed by atoms with Crippen molar-refractivity contribution >= 4 is 23.9 Å². The second-order valence-corrected chi connectivity index (χ2v) is 7.37. The SMILES string of the molecule is CO/N=C/c1cn(-c2ccc(-c3c(F)cc(N4C[C@H](CNC(C)=O)OC4=O)cc3F)cn2)cn1. The number of oxime groups is 1. The lowest BCUT2D eigenvalue weighted by Gasteiger charge is -2.15. The fraction of sp³-hybridized carbons (Fsp3) is 0.227. The Bertz CT molecular complexity index is 1220. The van der Waals surface area contributed by atoms with Gasteiger partial charge in [-0.05, 0) is 24.3 Å². The van der Waals surface area contributed by atoms with Gasteiger partial charge in [0.2, 0.25) is 5.91 Å². The number of pyridine rings is 1. The number of hydrogen-bond donors (Lipinski definition) is 1. The van der Waals surface area contributed by atoms with Crippen molar-refractivity contribution in [2.45, 2.75) is 13.0 Å². The van der Waals surface area contributed by atoms with Gasteiger partial charge in [0.1, 0.15) is 42.7 Å². The number of ether oxygens (including phenoxy) is 1. The first-order valence-electron chi connectivity index (χ1n) is 10.1. The number of carbonyl (C=O) groups excluding carboxylic acids is 2. The summed E-state index contributed by atoms with van der Waals surface area (Å²) in [5.74, 6) is -1.51. The van der Waals surface area contributed by atoms with Gasteiger partial charge in [-0.3, -0.25) is 14.3 Å². The van der Waals surface area contributed by atoms with Crippen molar-refractivity contribution in [3.63, 3.8) is 0 Å². The van der Waals surface area contributed by atoms with Gasteiger partial charge in [-0.25, -0.2) is 23.5 Å². The zero-order valence-corrected chi connectivity index (χ0v) is 18.2. The van der Waals surface area contributed by atoms with E-state index in [-0.39, 0.29) is 35.8 Å². The Balaban J connectivity index is 1.53. The largest absolute Gasteiger partial charge is 0.442 e. The number of hydrogen-bond acceptors (Lipinski definition) is 7. The van der Waals surface area contributed by atoms with Gasteiger partial charge in [-0.2, -0.15) is 0 Å². The molecule has 0 unspecified atom stereocenters. The number of amides is 2. The molecular formula is C22H20F2N6O4. The van der Waals surface area contributed by atoms with E-state index in [4.69, 9.17) is 4.74 Å². The van der Waals surface area contributed by atoms with Gasteiger partial charge < -0.3 is 14.9 Å². The molecule has 0 spiro atoms. The first kappa shape index (κ1) is 22.8. The fourth-order valence-electron chi connectivity index (χ4n) is 3.41. The summed E-state index contributed by atoms with van der Waals surface area (Å²) in [4.78, 5) is 37.3. The van der Waals surface area contributed by atoms with Crippen LogP contribution in [0.2, 0.25) is 0 Å². The molecule has 0 saturated carbocycles. The van der Waals surface area contributed by atoms with E-state index in [1.807, 2.05) is 0 Å². The van der Waals surface area contributed by atoms with E-state index < -0.39 is 23.8 Å². The molecule has 0 radical (unpaired) electrons. The maximum Gasteiger partial charge on any atom is 0.414 e. The Labute approximate surface area is 192 Å². The van der Waals surface area contributed by atoms with Gasteiger partial charge in [0.25, 0.3) is 0 Å². The van der Waals surface area contributed by atoms with E-state index >= 15 is 0 Å². The molecule has 1 saturated heterocycles. The van der Waals surface area contributed by atoms with Crippen LogP contribution in [0.5, 0.6) is 0 Å². The minimum atomic E-state index is -0.858. The molecule has 1 aromatic carbocycles. The van der Waals surface area contributed by atoms with Gasteiger partial charge in [-0.1, -0.05) is 5.16 Å². The first-order chi connectivity index (χ1) is 16.4. The summed E-state index contributed by atoms with van der Waals surface area (Å²) in [6, 6.07) is 5.24. The number of nitrogens with one attached hydrogen (secondary N) is 1. The van der Waals surface area contributed by atoms with Crippen LogP contribution in [-0.2, 0) is 14.4 Å². The highest BCUT2D eigenvalue weighted by molar-refractivity contribution is 5.90. The van der Waals surface area contributed by atoms with Crippen LogP contribution < -0.4 is 10.2 Å². The Morgan fingerprint density at radius 3 is 2.74 bits per heavy atom. The van der Waals surface area contributed by atoms with E-state index in [0.29, 0.717) is 11.5 Å². The van der Waals surface area contributed by atoms with Gasteiger partial charge in [-0.15, -0.1) is 0 Å². The van der Waals surface area contributed by atoms with Gasteiger partial charge in [0.05, 0.1) is 30.6 Å². The highest BCUT2D eigenvalue weighted by Gasteiger charge is 2.33. The summed E-state index contributed by atoms with van der Waals surface area (Å²) >= 11 is 0. The molecule has 10 nitrogen and oxygen atoms in total. The van der Waals surface area contributed by atoms with Crippen molar-refractivity contribution in [1.82, 2.24) is 19.9 Å². The Kier molecular flexibility index (Phi) is 6.48.